The van der Waals surface area contributed by atoms with Crippen LogP contribution in [0.15, 0.2) is 48.8 Å². The van der Waals surface area contributed by atoms with Crippen molar-refractivity contribution in [1.82, 2.24) is 39.5 Å². The van der Waals surface area contributed by atoms with Gasteiger partial charge in [0.1, 0.15) is 17.2 Å². The fourth-order valence-corrected chi connectivity index (χ4v) is 7.64. The van der Waals surface area contributed by atoms with Gasteiger partial charge in [0, 0.05) is 107 Å². The third-order valence-electron chi connectivity index (χ3n) is 10.0. The zero-order chi connectivity index (χ0) is 35.9. The Hall–Kier alpha value is -4.72. The van der Waals surface area contributed by atoms with Crippen LogP contribution in [0.25, 0.3) is 33.6 Å². The molecular formula is C37H40ClFN8O4. The van der Waals surface area contributed by atoms with Crippen LogP contribution in [0.3, 0.4) is 0 Å². The van der Waals surface area contributed by atoms with Crippen LogP contribution in [0, 0.1) is 11.2 Å². The average Bonchev–Trinajstić information content (AvgIpc) is 3.09. The monoisotopic (exact) mass is 714 g/mol. The van der Waals surface area contributed by atoms with E-state index < -0.39 is 5.82 Å². The van der Waals surface area contributed by atoms with Crippen LogP contribution in [-0.2, 0) is 22.7 Å². The van der Waals surface area contributed by atoms with E-state index in [0.717, 1.165) is 39.3 Å². The number of hydrogen-bond acceptors (Lipinski definition) is 10. The van der Waals surface area contributed by atoms with E-state index in [4.69, 9.17) is 26.1 Å². The number of amides is 2. The third-order valence-corrected chi connectivity index (χ3v) is 10.4. The lowest BCUT2D eigenvalue weighted by molar-refractivity contribution is -0.157. The lowest BCUT2D eigenvalue weighted by Crippen LogP contribution is -2.72. The standard InChI is InChI=1S/C37H40ClFN8O4/c1-23(48)46-13-11-44(12-14-46)17-31-35(50-3)42-29(15-40-31)27-9-5-7-25(33(27)38)26-8-6-10-28(34(26)39)30-16-41-32(36(43-30)51-4)18-45-19-37(20-45)21-47(22-37)24(2)49/h5-10,15-16H,11-14,17-22H2,1-4H3. The number of carbonyl (C=O) groups is 2. The molecular weight excluding hydrogens is 675 g/mol. The summed E-state index contributed by atoms with van der Waals surface area (Å²) in [5.74, 6) is 0.419. The van der Waals surface area contributed by atoms with Gasteiger partial charge in [-0.15, -0.1) is 0 Å². The second-order valence-electron chi connectivity index (χ2n) is 13.6. The highest BCUT2D eigenvalue weighted by atomic mass is 35.5. The zero-order valence-electron chi connectivity index (χ0n) is 29.2. The molecule has 2 amide bonds. The summed E-state index contributed by atoms with van der Waals surface area (Å²) in [7, 11) is 3.08. The summed E-state index contributed by atoms with van der Waals surface area (Å²) in [5, 5.41) is 0.322. The van der Waals surface area contributed by atoms with E-state index in [1.807, 2.05) is 15.9 Å². The van der Waals surface area contributed by atoms with Crippen molar-refractivity contribution in [2.24, 2.45) is 5.41 Å². The molecule has 4 aromatic rings. The highest BCUT2D eigenvalue weighted by Gasteiger charge is 2.52. The number of carbonyl (C=O) groups excluding carboxylic acids is 2. The molecule has 3 saturated heterocycles. The Morgan fingerprint density at radius 2 is 1.24 bits per heavy atom. The molecule has 0 aliphatic carbocycles. The van der Waals surface area contributed by atoms with Gasteiger partial charge in [-0.25, -0.2) is 14.4 Å². The molecule has 51 heavy (non-hydrogen) atoms. The second kappa shape index (κ2) is 14.1. The molecule has 266 valence electrons. The number of methoxy groups -OCH3 is 2. The molecule has 7 rings (SSSR count). The van der Waals surface area contributed by atoms with Crippen LogP contribution in [0.1, 0.15) is 25.2 Å². The number of likely N-dealkylation sites (tertiary alicyclic amines) is 2. The van der Waals surface area contributed by atoms with Crippen molar-refractivity contribution in [3.63, 3.8) is 0 Å². The average molecular weight is 715 g/mol. The smallest absolute Gasteiger partial charge is 0.237 e. The van der Waals surface area contributed by atoms with E-state index in [0.29, 0.717) is 82.4 Å². The predicted molar refractivity (Wildman–Crippen MR) is 189 cm³/mol. The van der Waals surface area contributed by atoms with E-state index in [1.54, 1.807) is 63.7 Å². The zero-order valence-corrected chi connectivity index (χ0v) is 29.9. The molecule has 3 fully saturated rings. The maximum atomic E-state index is 16.4. The molecule has 0 radical (unpaired) electrons. The fraction of sp³-hybridized carbons (Fsp3) is 0.405. The van der Waals surface area contributed by atoms with Gasteiger partial charge < -0.3 is 19.3 Å². The number of hydrogen-bond donors (Lipinski definition) is 0. The van der Waals surface area contributed by atoms with E-state index in [2.05, 4.69) is 24.8 Å². The summed E-state index contributed by atoms with van der Waals surface area (Å²) in [4.78, 5) is 50.2. The van der Waals surface area contributed by atoms with Crippen molar-refractivity contribution in [1.29, 1.82) is 0 Å². The molecule has 0 atom stereocenters. The number of aromatic nitrogens is 4. The Morgan fingerprint density at radius 3 is 1.80 bits per heavy atom. The molecule has 12 nitrogen and oxygen atoms in total. The summed E-state index contributed by atoms with van der Waals surface area (Å²) in [6.45, 7) is 10.4. The van der Waals surface area contributed by atoms with Crippen LogP contribution in [-0.4, -0.2) is 118 Å². The van der Waals surface area contributed by atoms with Gasteiger partial charge in [-0.1, -0.05) is 41.9 Å². The molecule has 2 aromatic heterocycles. The van der Waals surface area contributed by atoms with Gasteiger partial charge in [-0.2, -0.15) is 0 Å². The summed E-state index contributed by atoms with van der Waals surface area (Å²) in [6, 6.07) is 10.5. The largest absolute Gasteiger partial charge is 0.480 e. The number of rotatable bonds is 9. The molecule has 3 aliphatic heterocycles. The van der Waals surface area contributed by atoms with E-state index in [1.165, 1.54) is 7.11 Å². The predicted octanol–water partition coefficient (Wildman–Crippen LogP) is 4.41. The Morgan fingerprint density at radius 1 is 0.725 bits per heavy atom. The van der Waals surface area contributed by atoms with Gasteiger partial charge in [-0.05, 0) is 6.07 Å². The molecule has 2 aromatic carbocycles. The fourth-order valence-electron chi connectivity index (χ4n) is 7.32. The Labute approximate surface area is 301 Å². The van der Waals surface area contributed by atoms with Gasteiger partial charge in [0.2, 0.25) is 23.6 Å². The number of halogens is 2. The van der Waals surface area contributed by atoms with Gasteiger partial charge in [0.15, 0.2) is 0 Å². The first kappa shape index (κ1) is 34.7. The third kappa shape index (κ3) is 6.85. The van der Waals surface area contributed by atoms with Crippen LogP contribution in [0.4, 0.5) is 4.39 Å². The second-order valence-corrected chi connectivity index (χ2v) is 13.9. The normalized spacial score (nSPS) is 17.2. The van der Waals surface area contributed by atoms with Crippen LogP contribution in [0.2, 0.25) is 5.02 Å². The van der Waals surface area contributed by atoms with Crippen LogP contribution < -0.4 is 9.47 Å². The Bertz CT molecular complexity index is 1970. The summed E-state index contributed by atoms with van der Waals surface area (Å²) < 4.78 is 27.6. The lowest BCUT2D eigenvalue weighted by atomic mass is 9.73. The van der Waals surface area contributed by atoms with Crippen molar-refractivity contribution in [3.8, 4) is 45.4 Å². The van der Waals surface area contributed by atoms with Crippen molar-refractivity contribution >= 4 is 23.4 Å². The van der Waals surface area contributed by atoms with Gasteiger partial charge in [0.05, 0.1) is 43.0 Å². The number of ether oxygens (including phenoxy) is 2. The quantitative estimate of drug-likeness (QED) is 0.247. The van der Waals surface area contributed by atoms with Crippen LogP contribution in [0.5, 0.6) is 11.8 Å². The van der Waals surface area contributed by atoms with Crippen molar-refractivity contribution in [2.75, 3.05) is 66.6 Å². The minimum atomic E-state index is -0.491. The SMILES string of the molecule is COc1nc(-c2cccc(-c3cccc(-c4cnc(CN5CCN(C(C)=O)CC5)c(OC)n4)c3Cl)c2F)cnc1CN1CC2(C1)CN(C(C)=O)C2. The molecule has 5 heterocycles. The molecule has 0 unspecified atom stereocenters. The first-order valence-electron chi connectivity index (χ1n) is 16.9. The minimum Gasteiger partial charge on any atom is -0.480 e. The van der Waals surface area contributed by atoms with Gasteiger partial charge >= 0.3 is 0 Å². The van der Waals surface area contributed by atoms with Crippen LogP contribution >= 0.6 is 11.6 Å². The van der Waals surface area contributed by atoms with Crippen molar-refractivity contribution < 1.29 is 23.5 Å². The first-order valence-corrected chi connectivity index (χ1v) is 17.3. The van der Waals surface area contributed by atoms with Crippen molar-refractivity contribution in [2.45, 2.75) is 26.9 Å². The van der Waals surface area contributed by atoms with Crippen molar-refractivity contribution in [3.05, 3.63) is 71.0 Å². The maximum absolute atomic E-state index is 16.4. The summed E-state index contributed by atoms with van der Waals surface area (Å²) in [5.41, 5.74) is 4.00. The van der Waals surface area contributed by atoms with Gasteiger partial charge in [-0.3, -0.25) is 29.4 Å². The molecule has 0 saturated carbocycles. The molecule has 1 spiro atoms. The topological polar surface area (TPSA) is 117 Å². The highest BCUT2D eigenvalue weighted by Crippen LogP contribution is 2.42. The molecule has 0 bridgehead atoms. The summed E-state index contributed by atoms with van der Waals surface area (Å²) >= 11 is 6.98. The Balaban J connectivity index is 1.09. The maximum Gasteiger partial charge on any atom is 0.237 e. The first-order chi connectivity index (χ1) is 24.6. The van der Waals surface area contributed by atoms with E-state index >= 15 is 4.39 Å². The van der Waals surface area contributed by atoms with E-state index in [9.17, 15) is 9.59 Å². The Kier molecular flexibility index (Phi) is 9.62. The minimum absolute atomic E-state index is 0.0790. The molecule has 3 aliphatic rings. The number of piperazine rings is 1. The van der Waals surface area contributed by atoms with Gasteiger partial charge in [0.25, 0.3) is 0 Å². The molecule has 14 heteroatoms. The molecule has 0 N–H and O–H groups in total. The number of nitrogens with zero attached hydrogens (tertiary/aromatic N) is 8. The lowest BCUT2D eigenvalue weighted by Gasteiger charge is -2.60. The summed E-state index contributed by atoms with van der Waals surface area (Å²) in [6.07, 6.45) is 3.22. The highest BCUT2D eigenvalue weighted by molar-refractivity contribution is 6.36. The number of benzene rings is 2. The van der Waals surface area contributed by atoms with E-state index in [-0.39, 0.29) is 22.8 Å².